The van der Waals surface area contributed by atoms with Crippen LogP contribution in [0.4, 0.5) is 0 Å². The smallest absolute Gasteiger partial charge is 0.338 e. The van der Waals surface area contributed by atoms with Crippen molar-refractivity contribution in [3.8, 4) is 0 Å². The molecule has 0 heterocycles. The number of hydrogen-bond donors (Lipinski definition) is 0. The van der Waals surface area contributed by atoms with E-state index in [1.807, 2.05) is 13.0 Å². The van der Waals surface area contributed by atoms with Crippen LogP contribution in [0.15, 0.2) is 30.3 Å². The lowest BCUT2D eigenvalue weighted by Gasteiger charge is -2.16. The van der Waals surface area contributed by atoms with Gasteiger partial charge >= 0.3 is 11.9 Å². The third kappa shape index (κ3) is 4.99. The Morgan fingerprint density at radius 3 is 2.44 bits per heavy atom. The summed E-state index contributed by atoms with van der Waals surface area (Å²) in [5, 5.41) is 0. The summed E-state index contributed by atoms with van der Waals surface area (Å²) in [5.41, 5.74) is 0.501. The maximum Gasteiger partial charge on any atom is 0.338 e. The van der Waals surface area contributed by atoms with E-state index >= 15 is 0 Å². The Kier molecular flexibility index (Phi) is 5.91. The Bertz CT molecular complexity index is 386. The highest BCUT2D eigenvalue weighted by Crippen LogP contribution is 2.08. The van der Waals surface area contributed by atoms with Crippen LogP contribution < -0.4 is 0 Å². The number of carbonyl (C=O) groups is 2. The van der Waals surface area contributed by atoms with Crippen molar-refractivity contribution < 1.29 is 19.1 Å². The third-order valence-electron chi connectivity index (χ3n) is 2.37. The molecule has 1 aromatic carbocycles. The molecule has 0 spiro atoms. The fourth-order valence-electron chi connectivity index (χ4n) is 1.50. The van der Waals surface area contributed by atoms with Gasteiger partial charge in [0.1, 0.15) is 12.7 Å². The molecule has 4 heteroatoms. The van der Waals surface area contributed by atoms with E-state index in [0.29, 0.717) is 12.0 Å². The molecule has 1 atom stereocenters. The molecule has 0 radical (unpaired) electrons. The fraction of sp³-hybridized carbons (Fsp3) is 0.429. The van der Waals surface area contributed by atoms with E-state index in [1.54, 1.807) is 24.3 Å². The Hall–Kier alpha value is -1.84. The van der Waals surface area contributed by atoms with Gasteiger partial charge in [0.15, 0.2) is 0 Å². The molecule has 0 aliphatic heterocycles. The molecule has 1 aromatic rings. The molecule has 0 bridgehead atoms. The van der Waals surface area contributed by atoms with Crippen LogP contribution in [0.25, 0.3) is 0 Å². The largest absolute Gasteiger partial charge is 0.462 e. The van der Waals surface area contributed by atoms with Crippen molar-refractivity contribution in [1.29, 1.82) is 0 Å². The highest BCUT2D eigenvalue weighted by atomic mass is 16.6. The monoisotopic (exact) mass is 250 g/mol. The summed E-state index contributed by atoms with van der Waals surface area (Å²) < 4.78 is 10.2. The lowest BCUT2D eigenvalue weighted by molar-refractivity contribution is -0.144. The second-order valence-corrected chi connectivity index (χ2v) is 3.98. The average molecular weight is 250 g/mol. The van der Waals surface area contributed by atoms with E-state index in [-0.39, 0.29) is 24.6 Å². The second-order valence-electron chi connectivity index (χ2n) is 3.98. The fourth-order valence-corrected chi connectivity index (χ4v) is 1.50. The molecule has 0 N–H and O–H groups in total. The lowest BCUT2D eigenvalue weighted by atomic mass is 10.2. The van der Waals surface area contributed by atoms with Gasteiger partial charge in [-0.25, -0.2) is 4.79 Å². The summed E-state index contributed by atoms with van der Waals surface area (Å²) in [6.07, 6.45) is 1.14. The summed E-state index contributed by atoms with van der Waals surface area (Å²) in [7, 11) is 0. The van der Waals surface area contributed by atoms with Gasteiger partial charge in [-0.2, -0.15) is 0 Å². The first-order chi connectivity index (χ1) is 8.63. The topological polar surface area (TPSA) is 52.6 Å². The highest BCUT2D eigenvalue weighted by Gasteiger charge is 2.16. The van der Waals surface area contributed by atoms with Crippen molar-refractivity contribution >= 4 is 11.9 Å². The van der Waals surface area contributed by atoms with Gasteiger partial charge in [0.25, 0.3) is 0 Å². The minimum Gasteiger partial charge on any atom is -0.462 e. The van der Waals surface area contributed by atoms with Gasteiger partial charge in [0.2, 0.25) is 0 Å². The minimum atomic E-state index is -0.388. The van der Waals surface area contributed by atoms with E-state index in [0.717, 1.165) is 6.42 Å². The van der Waals surface area contributed by atoms with Gasteiger partial charge in [0.05, 0.1) is 5.56 Å². The Balaban J connectivity index is 2.54. The first kappa shape index (κ1) is 14.2. The molecule has 0 fully saturated rings. The maximum atomic E-state index is 11.8. The van der Waals surface area contributed by atoms with Gasteiger partial charge < -0.3 is 9.47 Å². The standard InChI is InChI=1S/C14H18O4/c1-3-7-13(10-17-11(2)15)18-14(16)12-8-5-4-6-9-12/h4-6,8-9,13H,3,7,10H2,1-2H3/t13-/m0/s1. The van der Waals surface area contributed by atoms with Crippen molar-refractivity contribution in [1.82, 2.24) is 0 Å². The van der Waals surface area contributed by atoms with Crippen molar-refractivity contribution in [2.75, 3.05) is 6.61 Å². The molecule has 18 heavy (non-hydrogen) atoms. The third-order valence-corrected chi connectivity index (χ3v) is 2.37. The molecule has 0 saturated carbocycles. The predicted octanol–water partition coefficient (Wildman–Crippen LogP) is 2.58. The molecule has 0 amide bonds. The van der Waals surface area contributed by atoms with Crippen LogP contribution in [0.2, 0.25) is 0 Å². The zero-order valence-electron chi connectivity index (χ0n) is 10.7. The van der Waals surface area contributed by atoms with Crippen molar-refractivity contribution in [2.45, 2.75) is 32.8 Å². The number of ether oxygens (including phenoxy) is 2. The van der Waals surface area contributed by atoms with E-state index in [2.05, 4.69) is 0 Å². The van der Waals surface area contributed by atoms with Gasteiger partial charge in [-0.3, -0.25) is 4.79 Å². The van der Waals surface area contributed by atoms with Gasteiger partial charge in [-0.1, -0.05) is 31.5 Å². The van der Waals surface area contributed by atoms with E-state index in [4.69, 9.17) is 9.47 Å². The molecule has 0 unspecified atom stereocenters. The van der Waals surface area contributed by atoms with Crippen LogP contribution >= 0.6 is 0 Å². The molecule has 1 rings (SSSR count). The van der Waals surface area contributed by atoms with E-state index in [1.165, 1.54) is 6.92 Å². The summed E-state index contributed by atoms with van der Waals surface area (Å²) in [6, 6.07) is 8.77. The van der Waals surface area contributed by atoms with Crippen LogP contribution in [0.3, 0.4) is 0 Å². The minimum absolute atomic E-state index is 0.113. The molecule has 0 aliphatic rings. The van der Waals surface area contributed by atoms with Gasteiger partial charge in [0, 0.05) is 6.92 Å². The first-order valence-electron chi connectivity index (χ1n) is 6.03. The van der Waals surface area contributed by atoms with Crippen LogP contribution in [-0.4, -0.2) is 24.6 Å². The summed E-state index contributed by atoms with van der Waals surface area (Å²) in [4.78, 5) is 22.6. The Morgan fingerprint density at radius 1 is 1.22 bits per heavy atom. The zero-order chi connectivity index (χ0) is 13.4. The van der Waals surface area contributed by atoms with E-state index in [9.17, 15) is 9.59 Å². The second kappa shape index (κ2) is 7.48. The van der Waals surface area contributed by atoms with Gasteiger partial charge in [-0.05, 0) is 18.6 Å². The van der Waals surface area contributed by atoms with Crippen LogP contribution in [0.5, 0.6) is 0 Å². The van der Waals surface area contributed by atoms with E-state index < -0.39 is 0 Å². The SMILES string of the molecule is CCC[C@@H](COC(C)=O)OC(=O)c1ccccc1. The summed E-state index contributed by atoms with van der Waals surface area (Å²) in [6.45, 7) is 3.43. The number of rotatable bonds is 6. The average Bonchev–Trinajstić information content (AvgIpc) is 2.37. The number of benzene rings is 1. The number of hydrogen-bond acceptors (Lipinski definition) is 4. The predicted molar refractivity (Wildman–Crippen MR) is 67.2 cm³/mol. The zero-order valence-corrected chi connectivity index (χ0v) is 10.7. The molecule has 0 saturated heterocycles. The van der Waals surface area contributed by atoms with Gasteiger partial charge in [-0.15, -0.1) is 0 Å². The normalized spacial score (nSPS) is 11.7. The Morgan fingerprint density at radius 2 is 1.89 bits per heavy atom. The molecule has 4 nitrogen and oxygen atoms in total. The quantitative estimate of drug-likeness (QED) is 0.728. The number of carbonyl (C=O) groups excluding carboxylic acids is 2. The summed E-state index contributed by atoms with van der Waals surface area (Å²) in [5.74, 6) is -0.756. The molecular weight excluding hydrogens is 232 g/mol. The van der Waals surface area contributed by atoms with Crippen LogP contribution in [0.1, 0.15) is 37.0 Å². The lowest BCUT2D eigenvalue weighted by Crippen LogP contribution is -2.24. The maximum absolute atomic E-state index is 11.8. The molecular formula is C14H18O4. The van der Waals surface area contributed by atoms with Crippen LogP contribution in [0, 0.1) is 0 Å². The van der Waals surface area contributed by atoms with Crippen molar-refractivity contribution in [2.24, 2.45) is 0 Å². The van der Waals surface area contributed by atoms with Crippen LogP contribution in [-0.2, 0) is 14.3 Å². The molecule has 98 valence electrons. The Labute approximate surface area is 107 Å². The molecule has 0 aliphatic carbocycles. The first-order valence-corrected chi connectivity index (χ1v) is 6.03. The summed E-state index contributed by atoms with van der Waals surface area (Å²) >= 11 is 0. The van der Waals surface area contributed by atoms with Crippen molar-refractivity contribution in [3.63, 3.8) is 0 Å². The molecule has 0 aromatic heterocycles. The highest BCUT2D eigenvalue weighted by molar-refractivity contribution is 5.89. The number of esters is 2. The van der Waals surface area contributed by atoms with Crippen molar-refractivity contribution in [3.05, 3.63) is 35.9 Å².